The summed E-state index contributed by atoms with van der Waals surface area (Å²) in [6, 6.07) is 17.4. The Morgan fingerprint density at radius 2 is 1.24 bits per heavy atom. The van der Waals surface area contributed by atoms with Crippen LogP contribution in [0, 0.1) is 13.8 Å². The Bertz CT molecular complexity index is 1020. The first-order valence-electron chi connectivity index (χ1n) is 8.93. The molecule has 0 atom stereocenters. The standard InChI is InChI=1S/C23H18Cl2N2O2/c1-14-3-7-16(8-4-14)22(28)21(23(29)17-9-5-15(2)6-10-17)27-26-20-12-11-18(24)13-19(20)25/h3-13,21H,1-2H3. The van der Waals surface area contributed by atoms with Crippen LogP contribution in [0.25, 0.3) is 0 Å². The first-order chi connectivity index (χ1) is 13.8. The van der Waals surface area contributed by atoms with Gasteiger partial charge in [-0.15, -0.1) is 0 Å². The number of azo groups is 1. The van der Waals surface area contributed by atoms with Crippen molar-refractivity contribution in [3.05, 3.63) is 99.0 Å². The number of ketones is 2. The van der Waals surface area contributed by atoms with Gasteiger partial charge in [0.05, 0.1) is 5.02 Å². The van der Waals surface area contributed by atoms with Crippen LogP contribution in [-0.2, 0) is 0 Å². The third kappa shape index (κ3) is 5.17. The molecular formula is C23H18Cl2N2O2. The van der Waals surface area contributed by atoms with E-state index < -0.39 is 17.6 Å². The fraction of sp³-hybridized carbons (Fsp3) is 0.130. The first kappa shape index (κ1) is 20.9. The highest BCUT2D eigenvalue weighted by molar-refractivity contribution is 6.36. The molecule has 3 rings (SSSR count). The average Bonchev–Trinajstić information content (AvgIpc) is 2.70. The highest BCUT2D eigenvalue weighted by Crippen LogP contribution is 2.28. The minimum Gasteiger partial charge on any atom is -0.291 e. The van der Waals surface area contributed by atoms with Crippen LogP contribution in [0.1, 0.15) is 31.8 Å². The normalized spacial score (nSPS) is 11.2. The number of carbonyl (C=O) groups excluding carboxylic acids is 2. The molecule has 0 amide bonds. The lowest BCUT2D eigenvalue weighted by molar-refractivity contribution is 0.0861. The molecule has 0 spiro atoms. The third-order valence-electron chi connectivity index (χ3n) is 4.36. The van der Waals surface area contributed by atoms with E-state index in [1.165, 1.54) is 6.07 Å². The largest absolute Gasteiger partial charge is 0.291 e. The molecule has 0 saturated carbocycles. The Morgan fingerprint density at radius 3 is 1.69 bits per heavy atom. The Morgan fingerprint density at radius 1 is 0.759 bits per heavy atom. The minimum atomic E-state index is -1.31. The van der Waals surface area contributed by atoms with Crippen molar-refractivity contribution in [3.8, 4) is 0 Å². The summed E-state index contributed by atoms with van der Waals surface area (Å²) in [5.74, 6) is -0.853. The monoisotopic (exact) mass is 424 g/mol. The molecule has 146 valence electrons. The van der Waals surface area contributed by atoms with E-state index in [0.717, 1.165) is 11.1 Å². The van der Waals surface area contributed by atoms with E-state index >= 15 is 0 Å². The summed E-state index contributed by atoms with van der Waals surface area (Å²) in [4.78, 5) is 26.1. The second-order valence-electron chi connectivity index (χ2n) is 6.67. The van der Waals surface area contributed by atoms with Gasteiger partial charge in [0, 0.05) is 16.1 Å². The van der Waals surface area contributed by atoms with E-state index in [4.69, 9.17) is 23.2 Å². The summed E-state index contributed by atoms with van der Waals surface area (Å²) in [5.41, 5.74) is 3.13. The van der Waals surface area contributed by atoms with Crippen LogP contribution < -0.4 is 0 Å². The molecule has 6 heteroatoms. The molecule has 29 heavy (non-hydrogen) atoms. The molecule has 4 nitrogen and oxygen atoms in total. The predicted octanol–water partition coefficient (Wildman–Crippen LogP) is 6.83. The van der Waals surface area contributed by atoms with Gasteiger partial charge < -0.3 is 0 Å². The Kier molecular flexibility index (Phi) is 6.57. The summed E-state index contributed by atoms with van der Waals surface area (Å²) < 4.78 is 0. The van der Waals surface area contributed by atoms with Gasteiger partial charge in [-0.1, -0.05) is 82.9 Å². The molecule has 3 aromatic rings. The highest BCUT2D eigenvalue weighted by atomic mass is 35.5. The van der Waals surface area contributed by atoms with Crippen molar-refractivity contribution < 1.29 is 9.59 Å². The van der Waals surface area contributed by atoms with Crippen LogP contribution in [0.5, 0.6) is 0 Å². The van der Waals surface area contributed by atoms with Crippen molar-refractivity contribution in [2.75, 3.05) is 0 Å². The lowest BCUT2D eigenvalue weighted by Crippen LogP contribution is -2.28. The first-order valence-corrected chi connectivity index (χ1v) is 9.68. The number of halogens is 2. The van der Waals surface area contributed by atoms with Crippen molar-refractivity contribution in [1.29, 1.82) is 0 Å². The number of benzene rings is 3. The Hall–Kier alpha value is -2.82. The summed E-state index contributed by atoms with van der Waals surface area (Å²) >= 11 is 12.0. The molecule has 0 aromatic heterocycles. The van der Waals surface area contributed by atoms with Gasteiger partial charge >= 0.3 is 0 Å². The average molecular weight is 425 g/mol. The van der Waals surface area contributed by atoms with E-state index in [2.05, 4.69) is 10.2 Å². The van der Waals surface area contributed by atoms with Crippen LogP contribution in [0.2, 0.25) is 10.0 Å². The maximum Gasteiger partial charge on any atom is 0.197 e. The molecule has 0 heterocycles. The fourth-order valence-corrected chi connectivity index (χ4v) is 3.10. The maximum atomic E-state index is 13.1. The fourth-order valence-electron chi connectivity index (χ4n) is 2.66. The summed E-state index contributed by atoms with van der Waals surface area (Å²) in [6.45, 7) is 3.84. The number of carbonyl (C=O) groups is 2. The molecule has 0 saturated heterocycles. The molecule has 0 bridgehead atoms. The van der Waals surface area contributed by atoms with Crippen LogP contribution >= 0.6 is 23.2 Å². The molecule has 0 fully saturated rings. The van der Waals surface area contributed by atoms with Gasteiger partial charge in [0.2, 0.25) is 0 Å². The lowest BCUT2D eigenvalue weighted by Gasteiger charge is -2.11. The zero-order valence-corrected chi connectivity index (χ0v) is 17.4. The Labute approximate surface area is 179 Å². The van der Waals surface area contributed by atoms with Gasteiger partial charge in [0.1, 0.15) is 5.69 Å². The van der Waals surface area contributed by atoms with Crippen LogP contribution in [0.15, 0.2) is 77.0 Å². The van der Waals surface area contributed by atoms with E-state index in [1.807, 2.05) is 38.1 Å². The van der Waals surface area contributed by atoms with E-state index in [1.54, 1.807) is 36.4 Å². The lowest BCUT2D eigenvalue weighted by atomic mass is 9.96. The molecule has 0 N–H and O–H groups in total. The number of nitrogens with zero attached hydrogens (tertiary/aromatic N) is 2. The maximum absolute atomic E-state index is 13.1. The van der Waals surface area contributed by atoms with Crippen molar-refractivity contribution in [3.63, 3.8) is 0 Å². The van der Waals surface area contributed by atoms with E-state index in [0.29, 0.717) is 21.8 Å². The summed E-state index contributed by atoms with van der Waals surface area (Å²) in [5, 5.41) is 8.89. The summed E-state index contributed by atoms with van der Waals surface area (Å²) in [6.07, 6.45) is 0. The second kappa shape index (κ2) is 9.12. The summed E-state index contributed by atoms with van der Waals surface area (Å²) in [7, 11) is 0. The number of hydrogen-bond acceptors (Lipinski definition) is 4. The SMILES string of the molecule is Cc1ccc(C(=O)C(N=Nc2ccc(Cl)cc2Cl)C(=O)c2ccc(C)cc2)cc1. The van der Waals surface area contributed by atoms with Gasteiger partial charge in [-0.05, 0) is 32.0 Å². The third-order valence-corrected chi connectivity index (χ3v) is 4.90. The number of Topliss-reactive ketones (excluding diaryl/α,β-unsaturated/α-hetero) is 2. The van der Waals surface area contributed by atoms with Crippen molar-refractivity contribution in [2.45, 2.75) is 19.9 Å². The highest BCUT2D eigenvalue weighted by Gasteiger charge is 2.28. The van der Waals surface area contributed by atoms with Gasteiger partial charge in [0.25, 0.3) is 0 Å². The van der Waals surface area contributed by atoms with Crippen LogP contribution in [0.4, 0.5) is 5.69 Å². The van der Waals surface area contributed by atoms with Crippen molar-refractivity contribution in [1.82, 2.24) is 0 Å². The number of hydrogen-bond donors (Lipinski definition) is 0. The van der Waals surface area contributed by atoms with Gasteiger partial charge in [0.15, 0.2) is 17.6 Å². The van der Waals surface area contributed by atoms with Crippen molar-refractivity contribution in [2.24, 2.45) is 10.2 Å². The van der Waals surface area contributed by atoms with Crippen LogP contribution in [0.3, 0.4) is 0 Å². The smallest absolute Gasteiger partial charge is 0.197 e. The predicted molar refractivity (Wildman–Crippen MR) is 116 cm³/mol. The number of aryl methyl sites for hydroxylation is 2. The Balaban J connectivity index is 1.99. The van der Waals surface area contributed by atoms with Crippen molar-refractivity contribution >= 4 is 40.5 Å². The van der Waals surface area contributed by atoms with E-state index in [-0.39, 0.29) is 5.02 Å². The number of rotatable bonds is 6. The van der Waals surface area contributed by atoms with E-state index in [9.17, 15) is 9.59 Å². The molecule has 0 aliphatic rings. The quantitative estimate of drug-likeness (QED) is 0.247. The van der Waals surface area contributed by atoms with Crippen LogP contribution in [-0.4, -0.2) is 17.6 Å². The molecular weight excluding hydrogens is 407 g/mol. The molecule has 0 unspecified atom stereocenters. The topological polar surface area (TPSA) is 58.9 Å². The minimum absolute atomic E-state index is 0.283. The second-order valence-corrected chi connectivity index (χ2v) is 7.52. The molecule has 0 radical (unpaired) electrons. The molecule has 3 aromatic carbocycles. The zero-order chi connectivity index (χ0) is 21.0. The molecule has 0 aliphatic carbocycles. The van der Waals surface area contributed by atoms with Gasteiger partial charge in [-0.25, -0.2) is 0 Å². The van der Waals surface area contributed by atoms with Gasteiger partial charge in [-0.3, -0.25) is 9.59 Å². The molecule has 0 aliphatic heterocycles. The zero-order valence-electron chi connectivity index (χ0n) is 15.9. The van der Waals surface area contributed by atoms with Gasteiger partial charge in [-0.2, -0.15) is 10.2 Å².